The van der Waals surface area contributed by atoms with Crippen LogP contribution < -0.4 is 9.47 Å². The molecule has 0 atom stereocenters. The van der Waals surface area contributed by atoms with E-state index in [0.29, 0.717) is 5.56 Å². The number of carboxylic acids is 1. The van der Waals surface area contributed by atoms with Gasteiger partial charge in [-0.15, -0.1) is 0 Å². The summed E-state index contributed by atoms with van der Waals surface area (Å²) in [6.45, 7) is 1.88. The van der Waals surface area contributed by atoms with Gasteiger partial charge in [-0.1, -0.05) is 30.0 Å². The highest BCUT2D eigenvalue weighted by molar-refractivity contribution is 8.26. The minimum absolute atomic E-state index is 0.0162. The molecule has 1 aromatic rings. The number of thioether (sulfide) groups is 1. The molecule has 0 saturated carbocycles. The quantitative estimate of drug-likeness (QED) is 0.345. The van der Waals surface area contributed by atoms with E-state index in [1.54, 1.807) is 6.07 Å². The van der Waals surface area contributed by atoms with Crippen LogP contribution in [0.15, 0.2) is 23.1 Å². The molecule has 0 spiro atoms. The van der Waals surface area contributed by atoms with Gasteiger partial charge >= 0.3 is 17.9 Å². The summed E-state index contributed by atoms with van der Waals surface area (Å²) in [7, 11) is 0. The first-order valence-corrected chi connectivity index (χ1v) is 8.38. The summed E-state index contributed by atoms with van der Waals surface area (Å²) >= 11 is 5.98. The molecular formula is C16H13NO7S2. The third-order valence-electron chi connectivity index (χ3n) is 2.94. The molecule has 136 valence electrons. The van der Waals surface area contributed by atoms with E-state index in [1.807, 2.05) is 0 Å². The maximum atomic E-state index is 12.3. The lowest BCUT2D eigenvalue weighted by Gasteiger charge is -2.10. The van der Waals surface area contributed by atoms with Gasteiger partial charge in [0.25, 0.3) is 5.91 Å². The molecule has 1 aliphatic rings. The molecule has 0 aromatic heterocycles. The van der Waals surface area contributed by atoms with Gasteiger partial charge in [0.2, 0.25) is 0 Å². The smallest absolute Gasteiger partial charge is 0.323 e. The number of hydrogen-bond donors (Lipinski definition) is 1. The van der Waals surface area contributed by atoms with Crippen LogP contribution >= 0.6 is 24.0 Å². The number of aliphatic carboxylic acids is 1. The van der Waals surface area contributed by atoms with Gasteiger partial charge in [-0.2, -0.15) is 0 Å². The van der Waals surface area contributed by atoms with E-state index in [0.717, 1.165) is 16.7 Å². The molecule has 1 aliphatic heterocycles. The maximum absolute atomic E-state index is 12.3. The summed E-state index contributed by atoms with van der Waals surface area (Å²) in [6.07, 6.45) is 1.48. The van der Waals surface area contributed by atoms with Crippen molar-refractivity contribution in [1.29, 1.82) is 0 Å². The number of rotatable bonds is 5. The van der Waals surface area contributed by atoms with E-state index in [1.165, 1.54) is 32.1 Å². The molecular weight excluding hydrogens is 382 g/mol. The Hall–Kier alpha value is -2.72. The first-order valence-electron chi connectivity index (χ1n) is 7.15. The lowest BCUT2D eigenvalue weighted by molar-refractivity contribution is -0.140. The summed E-state index contributed by atoms with van der Waals surface area (Å²) in [4.78, 5) is 46.6. The highest BCUT2D eigenvalue weighted by atomic mass is 32.2. The van der Waals surface area contributed by atoms with Gasteiger partial charge in [0.05, 0.1) is 4.91 Å². The summed E-state index contributed by atoms with van der Waals surface area (Å²) in [5.41, 5.74) is 0.480. The average molecular weight is 395 g/mol. The molecule has 1 fully saturated rings. The molecule has 1 heterocycles. The number of nitrogens with zero attached hydrogens (tertiary/aromatic N) is 1. The van der Waals surface area contributed by atoms with Crippen LogP contribution in [0.25, 0.3) is 6.08 Å². The Morgan fingerprint density at radius 1 is 1.19 bits per heavy atom. The first-order chi connectivity index (χ1) is 12.2. The molecule has 1 aromatic carbocycles. The SMILES string of the molecule is CC(=O)Oc1ccc(C=C2SC(=S)N(CC(=O)O)C2=O)cc1OC(C)=O. The number of carbonyl (C=O) groups excluding carboxylic acids is 3. The van der Waals surface area contributed by atoms with E-state index in [2.05, 4.69) is 0 Å². The van der Waals surface area contributed by atoms with E-state index in [9.17, 15) is 19.2 Å². The van der Waals surface area contributed by atoms with Crippen LogP contribution in [0, 0.1) is 0 Å². The Morgan fingerprint density at radius 2 is 1.81 bits per heavy atom. The number of ether oxygens (including phenoxy) is 2. The fourth-order valence-corrected chi connectivity index (χ4v) is 3.27. The Labute approximate surface area is 157 Å². The second kappa shape index (κ2) is 8.11. The van der Waals surface area contributed by atoms with E-state index in [4.69, 9.17) is 26.8 Å². The minimum atomic E-state index is -1.18. The number of amides is 1. The molecule has 0 radical (unpaired) electrons. The molecule has 10 heteroatoms. The molecule has 2 rings (SSSR count). The minimum Gasteiger partial charge on any atom is -0.480 e. The molecule has 26 heavy (non-hydrogen) atoms. The second-order valence-electron chi connectivity index (χ2n) is 5.06. The second-order valence-corrected chi connectivity index (χ2v) is 6.73. The van der Waals surface area contributed by atoms with Crippen molar-refractivity contribution in [2.24, 2.45) is 0 Å². The van der Waals surface area contributed by atoms with Crippen LogP contribution in [-0.4, -0.2) is 44.7 Å². The van der Waals surface area contributed by atoms with Crippen molar-refractivity contribution in [2.75, 3.05) is 6.54 Å². The van der Waals surface area contributed by atoms with Gasteiger partial charge in [0.15, 0.2) is 11.5 Å². The number of esters is 2. The highest BCUT2D eigenvalue weighted by Gasteiger charge is 2.33. The largest absolute Gasteiger partial charge is 0.480 e. The van der Waals surface area contributed by atoms with Crippen molar-refractivity contribution in [3.8, 4) is 11.5 Å². The zero-order valence-corrected chi connectivity index (χ0v) is 15.3. The predicted molar refractivity (Wildman–Crippen MR) is 96.6 cm³/mol. The fourth-order valence-electron chi connectivity index (χ4n) is 2.01. The number of thiocarbonyl (C=S) groups is 1. The number of benzene rings is 1. The molecule has 1 N–H and O–H groups in total. The van der Waals surface area contributed by atoms with E-state index < -0.39 is 30.4 Å². The van der Waals surface area contributed by atoms with Crippen LogP contribution in [-0.2, 0) is 19.2 Å². The first kappa shape index (κ1) is 19.6. The number of carbonyl (C=O) groups is 4. The van der Waals surface area contributed by atoms with Crippen molar-refractivity contribution in [3.63, 3.8) is 0 Å². The molecule has 0 unspecified atom stereocenters. The fraction of sp³-hybridized carbons (Fsp3) is 0.188. The third kappa shape index (κ3) is 4.90. The zero-order chi connectivity index (χ0) is 19.4. The lowest BCUT2D eigenvalue weighted by atomic mass is 10.2. The van der Waals surface area contributed by atoms with E-state index in [-0.39, 0.29) is 20.7 Å². The van der Waals surface area contributed by atoms with Crippen molar-refractivity contribution in [2.45, 2.75) is 13.8 Å². The van der Waals surface area contributed by atoms with Crippen molar-refractivity contribution < 1.29 is 33.8 Å². The van der Waals surface area contributed by atoms with Gasteiger partial charge in [0, 0.05) is 13.8 Å². The molecule has 0 bridgehead atoms. The highest BCUT2D eigenvalue weighted by Crippen LogP contribution is 2.34. The van der Waals surface area contributed by atoms with Crippen molar-refractivity contribution in [1.82, 2.24) is 4.90 Å². The molecule has 0 aliphatic carbocycles. The van der Waals surface area contributed by atoms with Gasteiger partial charge in [-0.05, 0) is 23.8 Å². The Morgan fingerprint density at radius 3 is 2.38 bits per heavy atom. The number of hydrogen-bond acceptors (Lipinski definition) is 8. The van der Waals surface area contributed by atoms with Crippen LogP contribution in [0.1, 0.15) is 19.4 Å². The van der Waals surface area contributed by atoms with Crippen LogP contribution in [0.2, 0.25) is 0 Å². The normalized spacial score (nSPS) is 15.3. The standard InChI is InChI=1S/C16H13NO7S2/c1-8(18)23-11-4-3-10(5-12(11)24-9(2)19)6-13-15(22)17(7-14(20)21)16(25)26-13/h3-6H,7H2,1-2H3,(H,20,21). The molecule has 8 nitrogen and oxygen atoms in total. The predicted octanol–water partition coefficient (Wildman–Crippen LogP) is 1.82. The van der Waals surface area contributed by atoms with Crippen LogP contribution in [0.5, 0.6) is 11.5 Å². The Bertz CT molecular complexity index is 847. The van der Waals surface area contributed by atoms with Gasteiger partial charge in [-0.25, -0.2) is 0 Å². The summed E-state index contributed by atoms with van der Waals surface area (Å²) < 4.78 is 10.1. The summed E-state index contributed by atoms with van der Waals surface area (Å²) in [5.74, 6) is -2.82. The van der Waals surface area contributed by atoms with Gasteiger partial charge in [0.1, 0.15) is 10.9 Å². The van der Waals surface area contributed by atoms with Gasteiger partial charge < -0.3 is 14.6 Å². The third-order valence-corrected chi connectivity index (χ3v) is 4.32. The molecule has 1 saturated heterocycles. The average Bonchev–Trinajstić information content (AvgIpc) is 2.76. The lowest BCUT2D eigenvalue weighted by Crippen LogP contribution is -2.33. The Kier molecular flexibility index (Phi) is 6.11. The summed E-state index contributed by atoms with van der Waals surface area (Å²) in [6, 6.07) is 4.39. The Balaban J connectivity index is 2.34. The maximum Gasteiger partial charge on any atom is 0.323 e. The monoisotopic (exact) mass is 395 g/mol. The van der Waals surface area contributed by atoms with Crippen molar-refractivity contribution >= 4 is 58.2 Å². The molecule has 1 amide bonds. The summed E-state index contributed by atoms with van der Waals surface area (Å²) in [5, 5.41) is 8.84. The topological polar surface area (TPSA) is 110 Å². The zero-order valence-electron chi connectivity index (χ0n) is 13.7. The van der Waals surface area contributed by atoms with Crippen LogP contribution in [0.3, 0.4) is 0 Å². The van der Waals surface area contributed by atoms with E-state index >= 15 is 0 Å². The van der Waals surface area contributed by atoms with Crippen LogP contribution in [0.4, 0.5) is 0 Å². The number of carboxylic acid groups (broad SMARTS) is 1. The van der Waals surface area contributed by atoms with Crippen molar-refractivity contribution in [3.05, 3.63) is 28.7 Å². The van der Waals surface area contributed by atoms with Gasteiger partial charge in [-0.3, -0.25) is 24.1 Å².